The lowest BCUT2D eigenvalue weighted by Crippen LogP contribution is -2.38. The molecule has 0 bridgehead atoms. The molecule has 114 valence electrons. The third kappa shape index (κ3) is 3.29. The van der Waals surface area contributed by atoms with Gasteiger partial charge in [-0.15, -0.1) is 0 Å². The molecule has 0 spiro atoms. The molecule has 3 nitrogen and oxygen atoms in total. The Morgan fingerprint density at radius 2 is 1.81 bits per heavy atom. The SMILES string of the molecule is CN1CCc2ccccc2C1CC(=O)N1CCCCCC1. The van der Waals surface area contributed by atoms with Gasteiger partial charge in [0.05, 0.1) is 0 Å². The van der Waals surface area contributed by atoms with E-state index >= 15 is 0 Å². The summed E-state index contributed by atoms with van der Waals surface area (Å²) in [6, 6.07) is 8.88. The van der Waals surface area contributed by atoms with Crippen molar-refractivity contribution in [1.29, 1.82) is 0 Å². The van der Waals surface area contributed by atoms with E-state index in [4.69, 9.17) is 0 Å². The van der Waals surface area contributed by atoms with Gasteiger partial charge in [0.15, 0.2) is 0 Å². The molecule has 1 fully saturated rings. The third-order valence-corrected chi connectivity index (χ3v) is 5.01. The van der Waals surface area contributed by atoms with Crippen LogP contribution in [0.4, 0.5) is 0 Å². The summed E-state index contributed by atoms with van der Waals surface area (Å²) < 4.78 is 0. The topological polar surface area (TPSA) is 23.6 Å². The number of benzene rings is 1. The van der Waals surface area contributed by atoms with Crippen LogP contribution in [0.25, 0.3) is 0 Å². The van der Waals surface area contributed by atoms with Gasteiger partial charge in [-0.2, -0.15) is 0 Å². The molecule has 1 unspecified atom stereocenters. The van der Waals surface area contributed by atoms with Crippen LogP contribution in [-0.2, 0) is 11.2 Å². The van der Waals surface area contributed by atoms with Gasteiger partial charge in [-0.3, -0.25) is 9.69 Å². The zero-order valence-electron chi connectivity index (χ0n) is 13.1. The quantitative estimate of drug-likeness (QED) is 0.834. The highest BCUT2D eigenvalue weighted by atomic mass is 16.2. The van der Waals surface area contributed by atoms with Gasteiger partial charge in [-0.05, 0) is 37.4 Å². The molecule has 2 heterocycles. The van der Waals surface area contributed by atoms with Crippen LogP contribution in [0.3, 0.4) is 0 Å². The normalized spacial score (nSPS) is 23.5. The highest BCUT2D eigenvalue weighted by Crippen LogP contribution is 2.31. The lowest BCUT2D eigenvalue weighted by atomic mass is 9.91. The van der Waals surface area contributed by atoms with E-state index in [-0.39, 0.29) is 6.04 Å². The molecule has 21 heavy (non-hydrogen) atoms. The second-order valence-corrected chi connectivity index (χ2v) is 6.44. The fraction of sp³-hybridized carbons (Fsp3) is 0.611. The van der Waals surface area contributed by atoms with Crippen molar-refractivity contribution in [1.82, 2.24) is 9.80 Å². The molecule has 1 saturated heterocycles. The van der Waals surface area contributed by atoms with Crippen LogP contribution < -0.4 is 0 Å². The molecule has 2 aliphatic rings. The summed E-state index contributed by atoms with van der Waals surface area (Å²) in [5.74, 6) is 0.338. The minimum Gasteiger partial charge on any atom is -0.343 e. The molecule has 0 aromatic heterocycles. The monoisotopic (exact) mass is 286 g/mol. The van der Waals surface area contributed by atoms with Crippen molar-refractivity contribution in [3.05, 3.63) is 35.4 Å². The highest BCUT2D eigenvalue weighted by molar-refractivity contribution is 5.77. The first-order valence-corrected chi connectivity index (χ1v) is 8.31. The van der Waals surface area contributed by atoms with E-state index in [1.54, 1.807) is 0 Å². The van der Waals surface area contributed by atoms with Gasteiger partial charge in [0, 0.05) is 32.1 Å². The summed E-state index contributed by atoms with van der Waals surface area (Å²) in [6.07, 6.45) is 6.62. The Balaban J connectivity index is 1.72. The van der Waals surface area contributed by atoms with E-state index in [0.717, 1.165) is 26.1 Å². The summed E-state index contributed by atoms with van der Waals surface area (Å²) in [5, 5.41) is 0. The molecule has 1 atom stereocenters. The van der Waals surface area contributed by atoms with Crippen LogP contribution in [0, 0.1) is 0 Å². The Kier molecular flexibility index (Phi) is 4.59. The van der Waals surface area contributed by atoms with Crippen LogP contribution in [0.15, 0.2) is 24.3 Å². The summed E-state index contributed by atoms with van der Waals surface area (Å²) in [4.78, 5) is 17.1. The fourth-order valence-corrected chi connectivity index (χ4v) is 3.66. The summed E-state index contributed by atoms with van der Waals surface area (Å²) in [6.45, 7) is 2.96. The van der Waals surface area contributed by atoms with Gasteiger partial charge >= 0.3 is 0 Å². The maximum atomic E-state index is 12.7. The van der Waals surface area contributed by atoms with E-state index in [1.807, 2.05) is 0 Å². The number of hydrogen-bond donors (Lipinski definition) is 0. The van der Waals surface area contributed by atoms with Gasteiger partial charge in [-0.25, -0.2) is 0 Å². The van der Waals surface area contributed by atoms with Crippen LogP contribution in [0.2, 0.25) is 0 Å². The Morgan fingerprint density at radius 1 is 1.10 bits per heavy atom. The first-order valence-electron chi connectivity index (χ1n) is 8.31. The number of amides is 1. The predicted molar refractivity (Wildman–Crippen MR) is 85.2 cm³/mol. The van der Waals surface area contributed by atoms with Gasteiger partial charge in [0.2, 0.25) is 5.91 Å². The van der Waals surface area contributed by atoms with Crippen LogP contribution in [0.5, 0.6) is 0 Å². The van der Waals surface area contributed by atoms with Crippen molar-refractivity contribution in [3.63, 3.8) is 0 Å². The molecule has 1 aromatic carbocycles. The van der Waals surface area contributed by atoms with Crippen LogP contribution in [0.1, 0.15) is 49.3 Å². The van der Waals surface area contributed by atoms with Crippen molar-refractivity contribution in [2.45, 2.75) is 44.6 Å². The standard InChI is InChI=1S/C18H26N2O/c1-19-13-10-15-8-4-5-9-16(15)17(19)14-18(21)20-11-6-2-3-7-12-20/h4-5,8-9,17H,2-3,6-7,10-14H2,1H3. The number of nitrogens with zero attached hydrogens (tertiary/aromatic N) is 2. The van der Waals surface area contributed by atoms with Crippen molar-refractivity contribution in [3.8, 4) is 0 Å². The number of likely N-dealkylation sites (N-methyl/N-ethyl adjacent to an activating group) is 1. The maximum absolute atomic E-state index is 12.7. The Hall–Kier alpha value is -1.35. The molecule has 1 amide bonds. The molecular weight excluding hydrogens is 260 g/mol. The fourth-order valence-electron chi connectivity index (χ4n) is 3.66. The minimum atomic E-state index is 0.255. The number of likely N-dealkylation sites (tertiary alicyclic amines) is 1. The highest BCUT2D eigenvalue weighted by Gasteiger charge is 2.28. The van der Waals surface area contributed by atoms with E-state index in [9.17, 15) is 4.79 Å². The number of fused-ring (bicyclic) bond motifs is 1. The van der Waals surface area contributed by atoms with Crippen molar-refractivity contribution >= 4 is 5.91 Å². The molecule has 3 heteroatoms. The van der Waals surface area contributed by atoms with E-state index in [2.05, 4.69) is 41.1 Å². The van der Waals surface area contributed by atoms with Gasteiger partial charge in [-0.1, -0.05) is 37.1 Å². The molecule has 2 aliphatic heterocycles. The summed E-state index contributed by atoms with van der Waals surface area (Å²) in [5.41, 5.74) is 2.78. The molecular formula is C18H26N2O. The minimum absolute atomic E-state index is 0.255. The summed E-state index contributed by atoms with van der Waals surface area (Å²) in [7, 11) is 2.15. The van der Waals surface area contributed by atoms with Crippen LogP contribution >= 0.6 is 0 Å². The molecule has 1 aromatic rings. The first-order chi connectivity index (χ1) is 10.3. The molecule has 0 N–H and O–H groups in total. The summed E-state index contributed by atoms with van der Waals surface area (Å²) >= 11 is 0. The van der Waals surface area contributed by atoms with Crippen molar-refractivity contribution in [2.75, 3.05) is 26.7 Å². The Morgan fingerprint density at radius 3 is 2.57 bits per heavy atom. The second kappa shape index (κ2) is 6.61. The molecule has 3 rings (SSSR count). The average Bonchev–Trinajstić information content (AvgIpc) is 2.79. The molecule has 0 aliphatic carbocycles. The number of carbonyl (C=O) groups is 1. The van der Waals surface area contributed by atoms with Gasteiger partial charge < -0.3 is 4.90 Å². The smallest absolute Gasteiger partial charge is 0.224 e. The predicted octanol–water partition coefficient (Wildman–Crippen LogP) is 3.01. The number of hydrogen-bond acceptors (Lipinski definition) is 2. The van der Waals surface area contributed by atoms with Gasteiger partial charge in [0.25, 0.3) is 0 Å². The van der Waals surface area contributed by atoms with Gasteiger partial charge in [0.1, 0.15) is 0 Å². The second-order valence-electron chi connectivity index (χ2n) is 6.44. The maximum Gasteiger partial charge on any atom is 0.224 e. The van der Waals surface area contributed by atoms with Crippen molar-refractivity contribution in [2.24, 2.45) is 0 Å². The van der Waals surface area contributed by atoms with Crippen molar-refractivity contribution < 1.29 is 4.79 Å². The van der Waals surface area contributed by atoms with E-state index < -0.39 is 0 Å². The zero-order valence-corrected chi connectivity index (χ0v) is 13.1. The average molecular weight is 286 g/mol. The first kappa shape index (κ1) is 14.6. The molecule has 0 saturated carbocycles. The Labute approximate surface area is 127 Å². The van der Waals surface area contributed by atoms with E-state index in [1.165, 1.54) is 36.8 Å². The third-order valence-electron chi connectivity index (χ3n) is 5.01. The number of carbonyl (C=O) groups excluding carboxylic acids is 1. The largest absolute Gasteiger partial charge is 0.343 e. The number of rotatable bonds is 2. The van der Waals surface area contributed by atoms with Crippen LogP contribution in [-0.4, -0.2) is 42.4 Å². The lowest BCUT2D eigenvalue weighted by Gasteiger charge is -2.35. The lowest BCUT2D eigenvalue weighted by molar-refractivity contribution is -0.132. The molecule has 0 radical (unpaired) electrons. The zero-order chi connectivity index (χ0) is 14.7. The van der Waals surface area contributed by atoms with E-state index in [0.29, 0.717) is 12.3 Å². The Bertz CT molecular complexity index is 492.